The molecule has 0 amide bonds. The molecule has 1 heterocycles. The Balaban J connectivity index is 2.74. The first-order valence-corrected chi connectivity index (χ1v) is 8.77. The zero-order valence-electron chi connectivity index (χ0n) is 10.5. The monoisotopic (exact) mass is 372 g/mol. The zero-order chi connectivity index (χ0) is 14.6. The number of carbonyl (C=O) groups is 1. The van der Waals surface area contributed by atoms with Crippen LogP contribution in [0.2, 0.25) is 0 Å². The van der Waals surface area contributed by atoms with Gasteiger partial charge in [-0.3, -0.25) is 0 Å². The highest BCUT2D eigenvalue weighted by Gasteiger charge is 2.24. The summed E-state index contributed by atoms with van der Waals surface area (Å²) in [6.45, 7) is 4.26. The van der Waals surface area contributed by atoms with E-state index < -0.39 is 15.0 Å². The summed E-state index contributed by atoms with van der Waals surface area (Å²) in [6.07, 6.45) is 1.94. The van der Waals surface area contributed by atoms with Gasteiger partial charge in [0.05, 0.1) is 6.61 Å². The van der Waals surface area contributed by atoms with Gasteiger partial charge >= 0.3 is 5.97 Å². The van der Waals surface area contributed by atoms with Crippen LogP contribution < -0.4 is 0 Å². The van der Waals surface area contributed by atoms with Crippen LogP contribution >= 0.6 is 26.6 Å². The predicted octanol–water partition coefficient (Wildman–Crippen LogP) is 3.56. The second-order valence-electron chi connectivity index (χ2n) is 4.18. The van der Waals surface area contributed by atoms with Crippen molar-refractivity contribution in [1.29, 1.82) is 0 Å². The van der Waals surface area contributed by atoms with Crippen molar-refractivity contribution >= 4 is 41.6 Å². The highest BCUT2D eigenvalue weighted by molar-refractivity contribution is 9.10. The number of furan rings is 1. The van der Waals surface area contributed by atoms with Crippen LogP contribution in [0.1, 0.15) is 37.2 Å². The molecule has 108 valence electrons. The van der Waals surface area contributed by atoms with Crippen molar-refractivity contribution in [1.82, 2.24) is 0 Å². The Hall–Kier alpha value is -0.530. The van der Waals surface area contributed by atoms with Gasteiger partial charge in [-0.1, -0.05) is 20.3 Å². The lowest BCUT2D eigenvalue weighted by Gasteiger charge is -2.09. The molecule has 8 heteroatoms. The van der Waals surface area contributed by atoms with Crippen molar-refractivity contribution in [3.05, 3.63) is 16.5 Å². The van der Waals surface area contributed by atoms with E-state index in [0.717, 1.165) is 18.9 Å². The van der Waals surface area contributed by atoms with Crippen LogP contribution in [0.4, 0.5) is 0 Å². The SMILES string of the molecule is CCCC(C)COC(=O)c1cc(S(=O)(=O)Cl)c(Br)o1. The maximum atomic E-state index is 11.7. The minimum atomic E-state index is -3.96. The van der Waals surface area contributed by atoms with Gasteiger partial charge in [0.2, 0.25) is 5.76 Å². The lowest BCUT2D eigenvalue weighted by atomic mass is 10.1. The first-order chi connectivity index (χ1) is 8.75. The number of halogens is 2. The summed E-state index contributed by atoms with van der Waals surface area (Å²) >= 11 is 2.89. The Bertz CT molecular complexity index is 551. The second kappa shape index (κ2) is 6.76. The van der Waals surface area contributed by atoms with E-state index in [2.05, 4.69) is 15.9 Å². The van der Waals surface area contributed by atoms with Crippen molar-refractivity contribution in [2.75, 3.05) is 6.61 Å². The maximum Gasteiger partial charge on any atom is 0.374 e. The van der Waals surface area contributed by atoms with Crippen LogP contribution in [0.15, 0.2) is 20.0 Å². The molecule has 0 fully saturated rings. The third-order valence-corrected chi connectivity index (χ3v) is 4.58. The minimum Gasteiger partial charge on any atom is -0.460 e. The molecule has 0 saturated carbocycles. The summed E-state index contributed by atoms with van der Waals surface area (Å²) in [5.41, 5.74) is 0. The molecule has 0 bridgehead atoms. The largest absolute Gasteiger partial charge is 0.460 e. The Morgan fingerprint density at radius 3 is 2.68 bits per heavy atom. The number of ether oxygens (including phenoxy) is 1. The molecule has 1 aromatic heterocycles. The molecule has 0 aromatic carbocycles. The van der Waals surface area contributed by atoms with Crippen molar-refractivity contribution < 1.29 is 22.4 Å². The lowest BCUT2D eigenvalue weighted by Crippen LogP contribution is -2.11. The Morgan fingerprint density at radius 1 is 1.58 bits per heavy atom. The summed E-state index contributed by atoms with van der Waals surface area (Å²) in [7, 11) is 1.22. The number of rotatable bonds is 6. The molecule has 0 aliphatic rings. The van der Waals surface area contributed by atoms with E-state index in [9.17, 15) is 13.2 Å². The fraction of sp³-hybridized carbons (Fsp3) is 0.545. The standard InChI is InChI=1S/C11H14BrClO5S/c1-3-4-7(2)6-17-11(14)8-5-9(10(12)18-8)19(13,15)16/h5,7H,3-4,6H2,1-2H3. The second-order valence-corrected chi connectivity index (χ2v) is 7.43. The molecular weight excluding hydrogens is 360 g/mol. The Labute approximate surface area is 124 Å². The fourth-order valence-electron chi connectivity index (χ4n) is 1.48. The van der Waals surface area contributed by atoms with Crippen molar-refractivity contribution in [3.8, 4) is 0 Å². The summed E-state index contributed by atoms with van der Waals surface area (Å²) in [4.78, 5) is 11.4. The molecule has 0 spiro atoms. The van der Waals surface area contributed by atoms with Gasteiger partial charge in [-0.05, 0) is 28.3 Å². The quantitative estimate of drug-likeness (QED) is 0.563. The molecule has 1 aromatic rings. The van der Waals surface area contributed by atoms with Crippen molar-refractivity contribution in [3.63, 3.8) is 0 Å². The summed E-state index contributed by atoms with van der Waals surface area (Å²) in [5.74, 6) is -0.673. The van der Waals surface area contributed by atoms with Gasteiger partial charge in [0.1, 0.15) is 4.90 Å². The molecule has 0 saturated heterocycles. The molecule has 1 unspecified atom stereocenters. The first-order valence-electron chi connectivity index (χ1n) is 5.66. The smallest absolute Gasteiger partial charge is 0.374 e. The third-order valence-electron chi connectivity index (χ3n) is 2.40. The molecule has 1 atom stereocenters. The molecule has 19 heavy (non-hydrogen) atoms. The van der Waals surface area contributed by atoms with Crippen molar-refractivity contribution in [2.24, 2.45) is 5.92 Å². The molecule has 1 rings (SSSR count). The van der Waals surface area contributed by atoms with Crippen LogP contribution in [-0.4, -0.2) is 21.0 Å². The van der Waals surface area contributed by atoms with E-state index in [4.69, 9.17) is 19.8 Å². The van der Waals surface area contributed by atoms with Crippen LogP contribution in [0, 0.1) is 5.92 Å². The van der Waals surface area contributed by atoms with Gasteiger partial charge in [-0.25, -0.2) is 13.2 Å². The zero-order valence-corrected chi connectivity index (χ0v) is 13.6. The highest BCUT2D eigenvalue weighted by Crippen LogP contribution is 2.29. The number of hydrogen-bond acceptors (Lipinski definition) is 5. The summed E-state index contributed by atoms with van der Waals surface area (Å²) in [5, 5.41) is 0. The molecule has 0 radical (unpaired) electrons. The first kappa shape index (κ1) is 16.5. The summed E-state index contributed by atoms with van der Waals surface area (Å²) < 4.78 is 32.2. The van der Waals surface area contributed by atoms with Crippen LogP contribution in [0.3, 0.4) is 0 Å². The van der Waals surface area contributed by atoms with Gasteiger partial charge in [0.25, 0.3) is 9.05 Å². The van der Waals surface area contributed by atoms with Crippen LogP contribution in [-0.2, 0) is 13.8 Å². The predicted molar refractivity (Wildman–Crippen MR) is 73.8 cm³/mol. The van der Waals surface area contributed by atoms with Crippen LogP contribution in [0.25, 0.3) is 0 Å². The van der Waals surface area contributed by atoms with Gasteiger partial charge in [0, 0.05) is 16.7 Å². The van der Waals surface area contributed by atoms with E-state index in [1.165, 1.54) is 0 Å². The topological polar surface area (TPSA) is 73.6 Å². The van der Waals surface area contributed by atoms with Gasteiger partial charge in [-0.15, -0.1) is 0 Å². The highest BCUT2D eigenvalue weighted by atomic mass is 79.9. The van der Waals surface area contributed by atoms with E-state index in [1.54, 1.807) is 0 Å². The van der Waals surface area contributed by atoms with Crippen LogP contribution in [0.5, 0.6) is 0 Å². The van der Waals surface area contributed by atoms with Gasteiger partial charge in [-0.2, -0.15) is 0 Å². The van der Waals surface area contributed by atoms with E-state index in [-0.39, 0.29) is 27.9 Å². The van der Waals surface area contributed by atoms with Crippen molar-refractivity contribution in [2.45, 2.75) is 31.6 Å². The number of hydrogen-bond donors (Lipinski definition) is 0. The molecule has 0 aliphatic carbocycles. The molecular formula is C11H14BrClO5S. The van der Waals surface area contributed by atoms with E-state index in [0.29, 0.717) is 0 Å². The molecule has 5 nitrogen and oxygen atoms in total. The Kier molecular flexibility index (Phi) is 5.88. The van der Waals surface area contributed by atoms with Gasteiger partial charge in [0.15, 0.2) is 4.67 Å². The average molecular weight is 374 g/mol. The number of carbonyl (C=O) groups excluding carboxylic acids is 1. The van der Waals surface area contributed by atoms with Gasteiger partial charge < -0.3 is 9.15 Å². The molecule has 0 N–H and O–H groups in total. The fourth-order valence-corrected chi connectivity index (χ4v) is 3.52. The maximum absolute atomic E-state index is 11.7. The summed E-state index contributed by atoms with van der Waals surface area (Å²) in [6, 6.07) is 1.04. The lowest BCUT2D eigenvalue weighted by molar-refractivity contribution is 0.0406. The normalized spacial score (nSPS) is 13.3. The Morgan fingerprint density at radius 2 is 2.21 bits per heavy atom. The van der Waals surface area contributed by atoms with E-state index in [1.807, 2.05) is 13.8 Å². The average Bonchev–Trinajstić information content (AvgIpc) is 2.68. The number of esters is 1. The molecule has 0 aliphatic heterocycles. The van der Waals surface area contributed by atoms with E-state index >= 15 is 0 Å². The third kappa shape index (κ3) is 4.81. The minimum absolute atomic E-state index is 0.115.